The highest BCUT2D eigenvalue weighted by molar-refractivity contribution is 8.12. The minimum atomic E-state index is -0.245. The second-order valence-electron chi connectivity index (χ2n) is 6.53. The maximum Gasteiger partial charge on any atom is 0.302 e. The Kier molecular flexibility index (Phi) is 60.7. The monoisotopic (exact) mass is 546 g/mol. The van der Waals surface area contributed by atoms with Gasteiger partial charge < -0.3 is 24.1 Å². The molecule has 0 aromatic heterocycles. The summed E-state index contributed by atoms with van der Waals surface area (Å²) in [6, 6.07) is 0. The van der Waals surface area contributed by atoms with Crippen molar-refractivity contribution in [1.82, 2.24) is 9.80 Å². The summed E-state index contributed by atoms with van der Waals surface area (Å²) in [6.07, 6.45) is 3.02. The topological polar surface area (TPSA) is 93.2 Å². The standard InChI is InChI=1S/C4H9NO.C4H9NS.C3H6O2.2C3H6OS.C3H6O.C3H8/c2*1-4(6)5(2)3;2*1-3(4)5-2;1-3(5)4-2;1-3(2)4;1-3-2/h2*1-3H3;3*1-2H3;1-2H3;3H2,1-2H3. The van der Waals surface area contributed by atoms with E-state index in [0.717, 1.165) is 4.99 Å². The van der Waals surface area contributed by atoms with Crippen molar-refractivity contribution in [3.05, 3.63) is 0 Å². The summed E-state index contributed by atoms with van der Waals surface area (Å²) in [5, 5.41) is 0.759. The number of carbonyl (C=O) groups is 4. The molecule has 206 valence electrons. The summed E-state index contributed by atoms with van der Waals surface area (Å²) in [5.74, 6) is 0.0139. The maximum atomic E-state index is 10.1. The van der Waals surface area contributed by atoms with E-state index < -0.39 is 0 Å². The quantitative estimate of drug-likeness (QED) is 0.303. The fourth-order valence-electron chi connectivity index (χ4n) is 0. The van der Waals surface area contributed by atoms with Gasteiger partial charge in [0.2, 0.25) is 5.91 Å². The average Bonchev–Trinajstić information content (AvgIpc) is 2.69. The van der Waals surface area contributed by atoms with Gasteiger partial charge in [-0.3, -0.25) is 14.4 Å². The molecule has 0 saturated carbocycles. The van der Waals surface area contributed by atoms with E-state index >= 15 is 0 Å². The Morgan fingerprint density at radius 2 is 0.882 bits per heavy atom. The highest BCUT2D eigenvalue weighted by Gasteiger charge is 1.87. The van der Waals surface area contributed by atoms with Gasteiger partial charge in [-0.25, -0.2) is 0 Å². The van der Waals surface area contributed by atoms with Gasteiger partial charge in [0.1, 0.15) is 5.78 Å². The Bertz CT molecular complexity index is 472. The van der Waals surface area contributed by atoms with Gasteiger partial charge in [0.05, 0.1) is 19.2 Å². The fraction of sp³-hybridized carbons (Fsp3) is 0.739. The Hall–Kier alpha value is -1.59. The molecule has 0 aliphatic carbocycles. The molecule has 0 fully saturated rings. The smallest absolute Gasteiger partial charge is 0.302 e. The minimum Gasteiger partial charge on any atom is -0.491 e. The first kappa shape index (κ1) is 49.5. The molecule has 0 aromatic rings. The van der Waals surface area contributed by atoms with Crippen LogP contribution in [0.4, 0.5) is 0 Å². The molecule has 0 aliphatic heterocycles. The second kappa shape index (κ2) is 41.6. The lowest BCUT2D eigenvalue weighted by molar-refractivity contribution is -0.138. The van der Waals surface area contributed by atoms with Crippen LogP contribution in [-0.4, -0.2) is 91.3 Å². The van der Waals surface area contributed by atoms with Gasteiger partial charge in [0.15, 0.2) is 10.2 Å². The number of nitrogens with zero attached hydrogens (tertiary/aromatic N) is 2. The first-order chi connectivity index (χ1) is 15.2. The molecule has 0 atom stereocenters. The zero-order valence-corrected chi connectivity index (χ0v) is 26.7. The van der Waals surface area contributed by atoms with E-state index in [2.05, 4.69) is 35.5 Å². The molecular formula is C23H50N2O6S3. The fourth-order valence-corrected chi connectivity index (χ4v) is 0. The van der Waals surface area contributed by atoms with Crippen molar-refractivity contribution >= 4 is 69.0 Å². The van der Waals surface area contributed by atoms with Gasteiger partial charge >= 0.3 is 5.97 Å². The van der Waals surface area contributed by atoms with Crippen molar-refractivity contribution in [3.8, 4) is 0 Å². The summed E-state index contributed by atoms with van der Waals surface area (Å²) in [7, 11) is 10.2. The summed E-state index contributed by atoms with van der Waals surface area (Å²) >= 11 is 10.5. The van der Waals surface area contributed by atoms with Crippen LogP contribution in [0.1, 0.15) is 68.7 Å². The van der Waals surface area contributed by atoms with Gasteiger partial charge in [-0.05, 0) is 39.2 Å². The zero-order chi connectivity index (χ0) is 29.4. The number of thiocarbonyl (C=S) groups is 2. The van der Waals surface area contributed by atoms with E-state index in [4.69, 9.17) is 12.2 Å². The van der Waals surface area contributed by atoms with Crippen molar-refractivity contribution in [3.63, 3.8) is 0 Å². The Morgan fingerprint density at radius 3 is 0.882 bits per heavy atom. The number of ether oxygens (including phenoxy) is 2. The molecule has 0 radical (unpaired) electrons. The van der Waals surface area contributed by atoms with E-state index in [1.54, 1.807) is 41.3 Å². The molecule has 0 aromatic carbocycles. The second-order valence-corrected chi connectivity index (χ2v) is 8.68. The molecule has 0 spiro atoms. The number of amides is 1. The predicted molar refractivity (Wildman–Crippen MR) is 156 cm³/mol. The third kappa shape index (κ3) is 171. The highest BCUT2D eigenvalue weighted by atomic mass is 32.2. The normalized spacial score (nSPS) is 7.18. The zero-order valence-electron chi connectivity index (χ0n) is 24.3. The van der Waals surface area contributed by atoms with E-state index in [1.807, 2.05) is 25.9 Å². The summed E-state index contributed by atoms with van der Waals surface area (Å²) in [5.41, 5.74) is 0. The number of Topliss-reactive ketones (excluding diaryl/α,β-unsaturated/α-hetero) is 1. The lowest BCUT2D eigenvalue weighted by Gasteiger charge is -2.06. The first-order valence-electron chi connectivity index (χ1n) is 10.2. The minimum absolute atomic E-state index is 0.0926. The number of methoxy groups -OCH3 is 2. The number of carbonyl (C=O) groups excluding carboxylic acids is 4. The average molecular weight is 547 g/mol. The molecule has 0 unspecified atom stereocenters. The lowest BCUT2D eigenvalue weighted by Crippen LogP contribution is -2.17. The van der Waals surface area contributed by atoms with Gasteiger partial charge in [0, 0.05) is 55.9 Å². The van der Waals surface area contributed by atoms with Gasteiger partial charge in [-0.2, -0.15) is 0 Å². The molecule has 1 amide bonds. The van der Waals surface area contributed by atoms with Crippen molar-refractivity contribution in [2.45, 2.75) is 68.7 Å². The molecule has 0 N–H and O–H groups in total. The van der Waals surface area contributed by atoms with Crippen LogP contribution in [0, 0.1) is 0 Å². The van der Waals surface area contributed by atoms with Crippen molar-refractivity contribution in [2.75, 3.05) is 48.7 Å². The van der Waals surface area contributed by atoms with Crippen LogP contribution < -0.4 is 0 Å². The van der Waals surface area contributed by atoms with E-state index in [-0.39, 0.29) is 22.8 Å². The largest absolute Gasteiger partial charge is 0.491 e. The molecular weight excluding hydrogens is 496 g/mol. The first-order valence-corrected chi connectivity index (χ1v) is 12.3. The predicted octanol–water partition coefficient (Wildman–Crippen LogP) is 5.06. The van der Waals surface area contributed by atoms with Gasteiger partial charge in [0.25, 0.3) is 0 Å². The van der Waals surface area contributed by atoms with Crippen molar-refractivity contribution < 1.29 is 28.7 Å². The van der Waals surface area contributed by atoms with Crippen molar-refractivity contribution in [2.24, 2.45) is 0 Å². The number of hydrogen-bond donors (Lipinski definition) is 0. The van der Waals surface area contributed by atoms with Gasteiger partial charge in [-0.15, -0.1) is 0 Å². The van der Waals surface area contributed by atoms with Crippen LogP contribution in [0.2, 0.25) is 0 Å². The van der Waals surface area contributed by atoms with E-state index in [1.165, 1.54) is 57.9 Å². The third-order valence-electron chi connectivity index (χ3n) is 2.12. The van der Waals surface area contributed by atoms with Crippen LogP contribution in [-0.2, 0) is 28.7 Å². The summed E-state index contributed by atoms with van der Waals surface area (Å²) in [6.45, 7) is 15.4. The highest BCUT2D eigenvalue weighted by Crippen LogP contribution is 1.88. The van der Waals surface area contributed by atoms with E-state index in [0.29, 0.717) is 5.05 Å². The molecule has 8 nitrogen and oxygen atoms in total. The van der Waals surface area contributed by atoms with Crippen LogP contribution >= 0.6 is 36.2 Å². The number of esters is 1. The summed E-state index contributed by atoms with van der Waals surface area (Å²) < 4.78 is 8.59. The number of thioether (sulfide) groups is 1. The molecule has 34 heavy (non-hydrogen) atoms. The Labute approximate surface area is 224 Å². The van der Waals surface area contributed by atoms with Crippen molar-refractivity contribution in [1.29, 1.82) is 0 Å². The van der Waals surface area contributed by atoms with E-state index in [9.17, 15) is 19.2 Å². The maximum absolute atomic E-state index is 10.1. The Morgan fingerprint density at radius 1 is 0.735 bits per heavy atom. The SMILES string of the molecule is CC(=O)N(C)C.CC(=S)N(C)C.CC(C)=O.CCC.COC(C)=O.COC(C)=S.CSC(C)=O. The third-order valence-corrected chi connectivity index (χ3v) is 3.23. The number of hydrogen-bond acceptors (Lipinski definition) is 9. The number of ketones is 1. The van der Waals surface area contributed by atoms with Gasteiger partial charge in [-0.1, -0.05) is 44.2 Å². The van der Waals surface area contributed by atoms with Crippen LogP contribution in [0.15, 0.2) is 0 Å². The summed E-state index contributed by atoms with van der Waals surface area (Å²) in [4.78, 5) is 43.2. The van der Waals surface area contributed by atoms with Crippen LogP contribution in [0.25, 0.3) is 0 Å². The lowest BCUT2D eigenvalue weighted by atomic mass is 10.6. The number of rotatable bonds is 0. The molecule has 11 heteroatoms. The molecule has 0 rings (SSSR count). The van der Waals surface area contributed by atoms with Crippen LogP contribution in [0.3, 0.4) is 0 Å². The molecule has 0 saturated heterocycles. The Balaban J connectivity index is -0.0000000505. The molecule has 0 bridgehead atoms. The van der Waals surface area contributed by atoms with Crippen LogP contribution in [0.5, 0.6) is 0 Å². The molecule has 0 heterocycles. The molecule has 0 aliphatic rings.